The third kappa shape index (κ3) is 5.17. The van der Waals surface area contributed by atoms with Crippen LogP contribution in [0, 0.1) is 0 Å². The fraction of sp³-hybridized carbons (Fsp3) is 0.250. The Morgan fingerprint density at radius 3 is 2.21 bits per heavy atom. The van der Waals surface area contributed by atoms with E-state index in [2.05, 4.69) is 14.9 Å². The predicted octanol–water partition coefficient (Wildman–Crippen LogP) is 2.94. The number of fused-ring (bicyclic) bond motifs is 1. The Kier molecular flexibility index (Phi) is 5.21. The van der Waals surface area contributed by atoms with Crippen LogP contribution in [0.25, 0.3) is 16.8 Å². The van der Waals surface area contributed by atoms with Crippen molar-refractivity contribution in [3.05, 3.63) is 48.4 Å². The highest BCUT2D eigenvalue weighted by molar-refractivity contribution is 7.88. The number of benzene rings is 1. The molecule has 0 saturated heterocycles. The van der Waals surface area contributed by atoms with Gasteiger partial charge in [0.05, 0.1) is 12.8 Å². The van der Waals surface area contributed by atoms with Crippen molar-refractivity contribution in [1.82, 2.24) is 19.3 Å². The van der Waals surface area contributed by atoms with Crippen LogP contribution < -0.4 is 9.46 Å². The maximum absolute atomic E-state index is 14.4. The van der Waals surface area contributed by atoms with Gasteiger partial charge >= 0.3 is 12.3 Å². The molecule has 0 amide bonds. The molecule has 2 heterocycles. The maximum Gasteiger partial charge on any atom is 0.573 e. The average molecular weight is 436 g/mol. The van der Waals surface area contributed by atoms with Crippen LogP contribution >= 0.6 is 0 Å². The molecule has 1 N–H and O–H groups in total. The Morgan fingerprint density at radius 1 is 1.00 bits per heavy atom. The number of pyridine rings is 1. The van der Waals surface area contributed by atoms with Crippen molar-refractivity contribution in [3.63, 3.8) is 0 Å². The number of ether oxygens (including phenoxy) is 1. The van der Waals surface area contributed by atoms with Crippen molar-refractivity contribution in [2.24, 2.45) is 0 Å². The van der Waals surface area contributed by atoms with E-state index in [0.717, 1.165) is 22.8 Å². The van der Waals surface area contributed by atoms with Gasteiger partial charge in [0, 0.05) is 6.20 Å². The van der Waals surface area contributed by atoms with Gasteiger partial charge in [-0.25, -0.2) is 13.1 Å². The molecule has 0 saturated carbocycles. The van der Waals surface area contributed by atoms with Crippen molar-refractivity contribution >= 4 is 15.7 Å². The van der Waals surface area contributed by atoms with Gasteiger partial charge in [-0.05, 0) is 35.4 Å². The Hall–Kier alpha value is -2.80. The molecule has 0 aliphatic rings. The standard InChI is InChI=1S/C16H13F5N4O3S/c1-29(26,27)22-9-15(17,18)14-24-23-13-7-4-11(8-25(13)14)10-2-5-12(6-3-10)28-16(19,20)21/h2-8,22H,9H2,1H3. The third-order valence-electron chi connectivity index (χ3n) is 3.71. The molecule has 13 heteroatoms. The van der Waals surface area contributed by atoms with E-state index in [9.17, 15) is 30.4 Å². The second-order valence-electron chi connectivity index (χ2n) is 6.04. The molecule has 0 bridgehead atoms. The number of halogens is 5. The lowest BCUT2D eigenvalue weighted by Crippen LogP contribution is -2.35. The molecule has 0 spiro atoms. The van der Waals surface area contributed by atoms with Gasteiger partial charge in [0.15, 0.2) is 5.65 Å². The number of hydrogen-bond donors (Lipinski definition) is 1. The lowest BCUT2D eigenvalue weighted by atomic mass is 10.1. The fourth-order valence-electron chi connectivity index (χ4n) is 2.46. The van der Waals surface area contributed by atoms with Gasteiger partial charge in [-0.1, -0.05) is 12.1 Å². The molecular formula is C16H13F5N4O3S. The van der Waals surface area contributed by atoms with Crippen molar-refractivity contribution < 1.29 is 35.1 Å². The number of sulfonamides is 1. The molecule has 2 aromatic heterocycles. The molecule has 156 valence electrons. The van der Waals surface area contributed by atoms with E-state index in [4.69, 9.17) is 0 Å². The summed E-state index contributed by atoms with van der Waals surface area (Å²) in [6, 6.07) is 7.76. The molecule has 0 unspecified atom stereocenters. The Bertz CT molecular complexity index is 1130. The Morgan fingerprint density at radius 2 is 1.62 bits per heavy atom. The summed E-state index contributed by atoms with van der Waals surface area (Å²) in [7, 11) is -3.85. The summed E-state index contributed by atoms with van der Waals surface area (Å²) < 4.78 is 94.3. The highest BCUT2D eigenvalue weighted by Gasteiger charge is 2.38. The van der Waals surface area contributed by atoms with Crippen LogP contribution in [-0.2, 0) is 15.9 Å². The first-order chi connectivity index (χ1) is 13.3. The second kappa shape index (κ2) is 7.22. The topological polar surface area (TPSA) is 85.6 Å². The molecule has 0 atom stereocenters. The molecule has 3 aromatic rings. The van der Waals surface area contributed by atoms with E-state index in [0.29, 0.717) is 11.1 Å². The lowest BCUT2D eigenvalue weighted by Gasteiger charge is -2.15. The summed E-state index contributed by atoms with van der Waals surface area (Å²) in [4.78, 5) is 0. The number of nitrogens with one attached hydrogen (secondary N) is 1. The minimum Gasteiger partial charge on any atom is -0.406 e. The van der Waals surface area contributed by atoms with Gasteiger partial charge in [-0.3, -0.25) is 4.40 Å². The largest absolute Gasteiger partial charge is 0.573 e. The molecule has 1 aromatic carbocycles. The molecular weight excluding hydrogens is 423 g/mol. The zero-order chi connectivity index (χ0) is 21.4. The van der Waals surface area contributed by atoms with Gasteiger partial charge in [-0.15, -0.1) is 23.4 Å². The SMILES string of the molecule is CS(=O)(=O)NCC(F)(F)c1nnc2ccc(-c3ccc(OC(F)(F)F)cc3)cn12. The predicted molar refractivity (Wildman–Crippen MR) is 91.8 cm³/mol. The Labute approximate surface area is 161 Å². The van der Waals surface area contributed by atoms with Gasteiger partial charge in [0.2, 0.25) is 15.8 Å². The first-order valence-electron chi connectivity index (χ1n) is 7.88. The average Bonchev–Trinajstić information content (AvgIpc) is 3.03. The number of aromatic nitrogens is 3. The third-order valence-corrected chi connectivity index (χ3v) is 4.38. The smallest absolute Gasteiger partial charge is 0.406 e. The van der Waals surface area contributed by atoms with Gasteiger partial charge < -0.3 is 4.74 Å². The summed E-state index contributed by atoms with van der Waals surface area (Å²) >= 11 is 0. The van der Waals surface area contributed by atoms with Crippen LogP contribution in [0.2, 0.25) is 0 Å². The summed E-state index contributed by atoms with van der Waals surface area (Å²) in [6.07, 6.45) is -2.81. The van der Waals surface area contributed by atoms with Gasteiger partial charge in [0.25, 0.3) is 0 Å². The van der Waals surface area contributed by atoms with Crippen molar-refractivity contribution in [2.45, 2.75) is 12.3 Å². The summed E-state index contributed by atoms with van der Waals surface area (Å²) in [6.45, 7) is -1.21. The zero-order valence-corrected chi connectivity index (χ0v) is 15.4. The monoisotopic (exact) mass is 436 g/mol. The van der Waals surface area contributed by atoms with Crippen LogP contribution in [-0.4, -0.2) is 42.2 Å². The zero-order valence-electron chi connectivity index (χ0n) is 14.6. The fourth-order valence-corrected chi connectivity index (χ4v) is 2.90. The van der Waals surface area contributed by atoms with Crippen molar-refractivity contribution in [1.29, 1.82) is 0 Å². The molecule has 0 aliphatic carbocycles. The first kappa shape index (κ1) is 20.9. The van der Waals surface area contributed by atoms with Crippen LogP contribution in [0.15, 0.2) is 42.6 Å². The minimum atomic E-state index is -4.83. The van der Waals surface area contributed by atoms with Crippen molar-refractivity contribution in [3.8, 4) is 16.9 Å². The van der Waals surface area contributed by atoms with E-state index in [1.54, 1.807) is 4.72 Å². The number of hydrogen-bond acceptors (Lipinski definition) is 5. The van der Waals surface area contributed by atoms with E-state index in [-0.39, 0.29) is 5.65 Å². The quantitative estimate of drug-likeness (QED) is 0.601. The van der Waals surface area contributed by atoms with E-state index >= 15 is 0 Å². The minimum absolute atomic E-state index is 0.0832. The van der Waals surface area contributed by atoms with Gasteiger partial charge in [0.1, 0.15) is 5.75 Å². The second-order valence-corrected chi connectivity index (χ2v) is 7.87. The summed E-state index contributed by atoms with van der Waals surface area (Å²) in [5, 5.41) is 7.07. The molecule has 29 heavy (non-hydrogen) atoms. The summed E-state index contributed by atoms with van der Waals surface area (Å²) in [5.41, 5.74) is 0.905. The molecule has 0 aliphatic heterocycles. The molecule has 7 nitrogen and oxygen atoms in total. The van der Waals surface area contributed by atoms with E-state index in [1.807, 2.05) is 0 Å². The van der Waals surface area contributed by atoms with E-state index in [1.165, 1.54) is 30.5 Å². The lowest BCUT2D eigenvalue weighted by molar-refractivity contribution is -0.274. The Balaban J connectivity index is 1.93. The van der Waals surface area contributed by atoms with Crippen molar-refractivity contribution in [2.75, 3.05) is 12.8 Å². The number of nitrogens with zero attached hydrogens (tertiary/aromatic N) is 3. The maximum atomic E-state index is 14.4. The number of rotatable bonds is 6. The summed E-state index contributed by atoms with van der Waals surface area (Å²) in [5.74, 6) is -4.88. The highest BCUT2D eigenvalue weighted by atomic mass is 32.2. The molecule has 3 rings (SSSR count). The number of alkyl halides is 5. The van der Waals surface area contributed by atoms with Crippen LogP contribution in [0.5, 0.6) is 5.75 Å². The van der Waals surface area contributed by atoms with E-state index < -0.39 is 40.4 Å². The van der Waals surface area contributed by atoms with Crippen LogP contribution in [0.1, 0.15) is 5.82 Å². The van der Waals surface area contributed by atoms with Crippen LogP contribution in [0.3, 0.4) is 0 Å². The molecule has 0 fully saturated rings. The molecule has 0 radical (unpaired) electrons. The normalized spacial score (nSPS) is 13.0. The van der Waals surface area contributed by atoms with Gasteiger partial charge in [-0.2, -0.15) is 8.78 Å². The highest BCUT2D eigenvalue weighted by Crippen LogP contribution is 2.29. The first-order valence-corrected chi connectivity index (χ1v) is 9.77. The van der Waals surface area contributed by atoms with Crippen LogP contribution in [0.4, 0.5) is 22.0 Å².